The first-order valence-electron chi connectivity index (χ1n) is 10.7. The molecule has 0 aliphatic carbocycles. The molecule has 0 heterocycles. The summed E-state index contributed by atoms with van der Waals surface area (Å²) in [5.41, 5.74) is 7.68. The summed E-state index contributed by atoms with van der Waals surface area (Å²) >= 11 is 0. The summed E-state index contributed by atoms with van der Waals surface area (Å²) in [5.74, 6) is 0. The fourth-order valence-electron chi connectivity index (χ4n) is 2.84. The second kappa shape index (κ2) is 18.8. The Balaban J connectivity index is 0. The molecule has 0 aliphatic rings. The lowest BCUT2D eigenvalue weighted by atomic mass is 9.90. The van der Waals surface area contributed by atoms with Crippen molar-refractivity contribution in [3.05, 3.63) is 107 Å². The number of hydrogen-bond acceptors (Lipinski definition) is 2. The topological polar surface area (TPSA) is 23.5 Å². The molecular weight excluding hydrogens is 493 g/mol. The Kier molecular flexibility index (Phi) is 18.9. The summed E-state index contributed by atoms with van der Waals surface area (Å²) in [6, 6.07) is 30.0. The van der Waals surface area contributed by atoms with Gasteiger partial charge in [-0.25, -0.2) is 0 Å². The summed E-state index contributed by atoms with van der Waals surface area (Å²) < 4.78 is 0. The van der Waals surface area contributed by atoms with Gasteiger partial charge in [0.1, 0.15) is 0 Å². The van der Waals surface area contributed by atoms with Crippen LogP contribution >= 0.6 is 24.0 Å². The van der Waals surface area contributed by atoms with E-state index in [9.17, 15) is 0 Å². The Morgan fingerprint density at radius 1 is 0.645 bits per heavy atom. The summed E-state index contributed by atoms with van der Waals surface area (Å²) in [7, 11) is 3.11. The predicted molar refractivity (Wildman–Crippen MR) is 149 cm³/mol. The third-order valence-electron chi connectivity index (χ3n) is 3.95. The van der Waals surface area contributed by atoms with Crippen molar-refractivity contribution in [2.24, 2.45) is 0 Å². The van der Waals surface area contributed by atoms with Gasteiger partial charge in [-0.3, -0.25) is 0 Å². The average molecular weight is 534 g/mol. The van der Waals surface area contributed by atoms with Gasteiger partial charge < -0.3 is 5.21 Å². The Morgan fingerprint density at radius 3 is 1.45 bits per heavy atom. The minimum Gasteiger partial charge on any atom is -0.315 e. The summed E-state index contributed by atoms with van der Waals surface area (Å²) in [5, 5.41) is 8.89. The van der Waals surface area contributed by atoms with Gasteiger partial charge >= 0.3 is 0 Å². The molecule has 0 aliphatic heterocycles. The van der Waals surface area contributed by atoms with Crippen molar-refractivity contribution in [3.8, 4) is 0 Å². The first-order chi connectivity index (χ1) is 14.5. The number of benzene rings is 3. The van der Waals surface area contributed by atoms with E-state index in [1.807, 2.05) is 27.7 Å². The highest BCUT2D eigenvalue weighted by Crippen LogP contribution is 2.32. The van der Waals surface area contributed by atoms with E-state index in [1.165, 1.54) is 33.4 Å². The molecule has 0 atom stereocenters. The van der Waals surface area contributed by atoms with Crippen LogP contribution < -0.4 is 0 Å². The average Bonchev–Trinajstić information content (AvgIpc) is 2.78. The quantitative estimate of drug-likeness (QED) is 0.207. The Hall–Kier alpha value is -1.95. The van der Waals surface area contributed by atoms with Gasteiger partial charge in [0, 0.05) is 14.1 Å². The highest BCUT2D eigenvalue weighted by molar-refractivity contribution is 14.0. The molecule has 3 aromatic carbocycles. The second-order valence-corrected chi connectivity index (χ2v) is 6.45. The van der Waals surface area contributed by atoms with Crippen molar-refractivity contribution in [2.75, 3.05) is 14.1 Å². The Labute approximate surface area is 207 Å². The van der Waals surface area contributed by atoms with Crippen molar-refractivity contribution >= 4 is 35.1 Å². The number of rotatable bonds is 3. The lowest BCUT2D eigenvalue weighted by Crippen LogP contribution is -2.01. The standard InChI is InChI=1S/C22H20.C2H7NO.2C2H6.HI/c1-17-10-9-15-21(16-17)22(20-13-7-4-8-14-20)18(2)19-11-5-3-6-12-19;1-3(2)4;2*1-2;/h3-16H,1-2H3;4H,1-2H3;2*1-2H3;1H/b22-18-;;;;. The molecule has 0 amide bonds. The van der Waals surface area contributed by atoms with Gasteiger partial charge in [0.15, 0.2) is 0 Å². The lowest BCUT2D eigenvalue weighted by molar-refractivity contribution is -0.0372. The van der Waals surface area contributed by atoms with E-state index in [4.69, 9.17) is 5.21 Å². The monoisotopic (exact) mass is 533 g/mol. The smallest absolute Gasteiger partial charge is 0.0121 e. The predicted octanol–water partition coefficient (Wildman–Crippen LogP) is 8.58. The third-order valence-corrected chi connectivity index (χ3v) is 3.95. The molecule has 0 unspecified atom stereocenters. The van der Waals surface area contributed by atoms with Crippen LogP contribution in [-0.2, 0) is 0 Å². The minimum atomic E-state index is 0. The van der Waals surface area contributed by atoms with E-state index in [-0.39, 0.29) is 24.0 Å². The van der Waals surface area contributed by atoms with Crippen LogP contribution in [-0.4, -0.2) is 24.4 Å². The van der Waals surface area contributed by atoms with E-state index in [1.54, 1.807) is 14.1 Å². The largest absolute Gasteiger partial charge is 0.315 e. The van der Waals surface area contributed by atoms with E-state index < -0.39 is 0 Å². The SMILES string of the molecule is C/C(=C(\c1ccccc1)c1cccc(C)c1)c1ccccc1.CC.CC.CN(C)O.I. The van der Waals surface area contributed by atoms with Gasteiger partial charge in [-0.15, -0.1) is 24.0 Å². The molecule has 3 aromatic rings. The molecule has 0 bridgehead atoms. The Bertz CT molecular complexity index is 840. The van der Waals surface area contributed by atoms with Gasteiger partial charge in [-0.2, -0.15) is 5.06 Å². The number of nitrogens with zero attached hydrogens (tertiary/aromatic N) is 1. The number of hydroxylamine groups is 2. The maximum Gasteiger partial charge on any atom is 0.0121 e. The fourth-order valence-corrected chi connectivity index (χ4v) is 2.84. The van der Waals surface area contributed by atoms with Crippen LogP contribution in [0, 0.1) is 6.92 Å². The maximum atomic E-state index is 7.89. The van der Waals surface area contributed by atoms with Crippen molar-refractivity contribution in [1.29, 1.82) is 0 Å². The molecule has 0 fully saturated rings. The van der Waals surface area contributed by atoms with Crippen LogP contribution in [0.15, 0.2) is 84.9 Å². The number of hydrogen-bond donors (Lipinski definition) is 1. The molecule has 2 nitrogen and oxygen atoms in total. The first kappa shape index (κ1) is 31.2. The van der Waals surface area contributed by atoms with Crippen LogP contribution in [0.25, 0.3) is 11.1 Å². The van der Waals surface area contributed by atoms with Crippen molar-refractivity contribution in [3.63, 3.8) is 0 Å². The summed E-state index contributed by atoms with van der Waals surface area (Å²) in [6.07, 6.45) is 0. The van der Waals surface area contributed by atoms with Crippen LogP contribution in [0.4, 0.5) is 0 Å². The third kappa shape index (κ3) is 11.9. The van der Waals surface area contributed by atoms with Gasteiger partial charge in [-0.1, -0.05) is 118 Å². The van der Waals surface area contributed by atoms with Gasteiger partial charge in [0.25, 0.3) is 0 Å². The molecule has 3 rings (SSSR count). The van der Waals surface area contributed by atoms with E-state index >= 15 is 0 Å². The highest BCUT2D eigenvalue weighted by Gasteiger charge is 2.10. The zero-order chi connectivity index (χ0) is 22.9. The molecule has 0 aromatic heterocycles. The van der Waals surface area contributed by atoms with Crippen LogP contribution in [0.3, 0.4) is 0 Å². The Morgan fingerprint density at radius 2 is 1.03 bits per heavy atom. The number of allylic oxidation sites excluding steroid dienone is 1. The van der Waals surface area contributed by atoms with Crippen molar-refractivity contribution < 1.29 is 5.21 Å². The van der Waals surface area contributed by atoms with Crippen LogP contribution in [0.1, 0.15) is 56.9 Å². The molecule has 0 saturated heterocycles. The molecule has 3 heteroatoms. The second-order valence-electron chi connectivity index (χ2n) is 6.45. The van der Waals surface area contributed by atoms with Gasteiger partial charge in [-0.05, 0) is 41.7 Å². The molecule has 170 valence electrons. The summed E-state index contributed by atoms with van der Waals surface area (Å²) in [4.78, 5) is 0. The lowest BCUT2D eigenvalue weighted by Gasteiger charge is -2.14. The molecular formula is C28H40INO. The van der Waals surface area contributed by atoms with Crippen LogP contribution in [0.2, 0.25) is 0 Å². The molecule has 0 spiro atoms. The van der Waals surface area contributed by atoms with E-state index in [2.05, 4.69) is 98.8 Å². The highest BCUT2D eigenvalue weighted by atomic mass is 127. The van der Waals surface area contributed by atoms with Crippen LogP contribution in [0.5, 0.6) is 0 Å². The molecule has 1 N–H and O–H groups in total. The van der Waals surface area contributed by atoms with Crippen molar-refractivity contribution in [2.45, 2.75) is 41.5 Å². The van der Waals surface area contributed by atoms with Crippen molar-refractivity contribution in [1.82, 2.24) is 5.06 Å². The minimum absolute atomic E-state index is 0. The van der Waals surface area contributed by atoms with E-state index in [0.29, 0.717) is 0 Å². The number of aryl methyl sites for hydroxylation is 1. The van der Waals surface area contributed by atoms with Gasteiger partial charge in [0.2, 0.25) is 0 Å². The fraction of sp³-hybridized carbons (Fsp3) is 0.286. The molecule has 0 saturated carbocycles. The maximum absolute atomic E-state index is 7.89. The zero-order valence-corrected chi connectivity index (χ0v) is 22.7. The summed E-state index contributed by atoms with van der Waals surface area (Å²) in [6.45, 7) is 12.4. The molecule has 31 heavy (non-hydrogen) atoms. The van der Waals surface area contributed by atoms with E-state index in [0.717, 1.165) is 5.06 Å². The first-order valence-corrected chi connectivity index (χ1v) is 10.7. The molecule has 0 radical (unpaired) electrons. The van der Waals surface area contributed by atoms with Gasteiger partial charge in [0.05, 0.1) is 0 Å². The number of halogens is 1. The zero-order valence-electron chi connectivity index (χ0n) is 20.4. The normalized spacial score (nSPS) is 10.0.